The molecule has 0 unspecified atom stereocenters. The van der Waals surface area contributed by atoms with E-state index in [-0.39, 0.29) is 5.91 Å². The molecule has 3 rings (SSSR count). The minimum atomic E-state index is 0.0384. The molecule has 0 atom stereocenters. The maximum Gasteiger partial charge on any atom is 0.233 e. The van der Waals surface area contributed by atoms with Crippen LogP contribution in [0.1, 0.15) is 12.5 Å². The number of hydrogen-bond donors (Lipinski definition) is 0. The highest BCUT2D eigenvalue weighted by Crippen LogP contribution is 2.20. The van der Waals surface area contributed by atoms with Crippen LogP contribution in [0.2, 0.25) is 0 Å². The number of carbonyl (C=O) groups excluding carboxylic acids is 1. The van der Waals surface area contributed by atoms with Crippen molar-refractivity contribution >= 4 is 17.7 Å². The fourth-order valence-electron chi connectivity index (χ4n) is 2.54. The standard InChI is InChI=1S/C20H22N4O2S/c1-3-26-18-11-9-16(10-12-18)13-23(2)19(25)14-27-20-22-21-15-24(20)17-7-5-4-6-8-17/h4-12,15H,3,13-14H2,1-2H3. The van der Waals surface area contributed by atoms with E-state index in [2.05, 4.69) is 10.2 Å². The molecule has 1 amide bonds. The molecule has 6 nitrogen and oxygen atoms in total. The van der Waals surface area contributed by atoms with Gasteiger partial charge in [0.15, 0.2) is 5.16 Å². The number of amides is 1. The second-order valence-corrected chi connectivity index (χ2v) is 6.88. The van der Waals surface area contributed by atoms with Gasteiger partial charge in [-0.05, 0) is 36.8 Å². The monoisotopic (exact) mass is 382 g/mol. The number of hydrogen-bond acceptors (Lipinski definition) is 5. The van der Waals surface area contributed by atoms with Gasteiger partial charge in [0, 0.05) is 19.3 Å². The van der Waals surface area contributed by atoms with Crippen molar-refractivity contribution < 1.29 is 9.53 Å². The van der Waals surface area contributed by atoms with E-state index in [9.17, 15) is 4.79 Å². The molecule has 1 aromatic heterocycles. The molecule has 140 valence electrons. The summed E-state index contributed by atoms with van der Waals surface area (Å²) in [6.07, 6.45) is 1.66. The second-order valence-electron chi connectivity index (χ2n) is 5.93. The molecule has 0 aliphatic carbocycles. The van der Waals surface area contributed by atoms with Gasteiger partial charge < -0.3 is 9.64 Å². The summed E-state index contributed by atoms with van der Waals surface area (Å²) in [5, 5.41) is 8.79. The number of benzene rings is 2. The van der Waals surface area contributed by atoms with Gasteiger partial charge in [0.1, 0.15) is 12.1 Å². The van der Waals surface area contributed by atoms with E-state index in [0.717, 1.165) is 17.0 Å². The Labute approximate surface area is 163 Å². The van der Waals surface area contributed by atoms with E-state index in [0.29, 0.717) is 24.1 Å². The van der Waals surface area contributed by atoms with Crippen LogP contribution in [0.15, 0.2) is 66.1 Å². The zero-order valence-electron chi connectivity index (χ0n) is 15.4. The van der Waals surface area contributed by atoms with E-state index in [1.165, 1.54) is 11.8 Å². The fourth-order valence-corrected chi connectivity index (χ4v) is 3.41. The number of ether oxygens (including phenoxy) is 1. The molecule has 0 saturated heterocycles. The Kier molecular flexibility index (Phi) is 6.49. The molecule has 27 heavy (non-hydrogen) atoms. The van der Waals surface area contributed by atoms with Crippen molar-refractivity contribution in [3.05, 3.63) is 66.5 Å². The molecule has 7 heteroatoms. The lowest BCUT2D eigenvalue weighted by Gasteiger charge is -2.17. The Morgan fingerprint density at radius 1 is 1.15 bits per heavy atom. The minimum absolute atomic E-state index is 0.0384. The summed E-state index contributed by atoms with van der Waals surface area (Å²) in [7, 11) is 1.81. The van der Waals surface area contributed by atoms with Crippen LogP contribution in [0.5, 0.6) is 5.75 Å². The van der Waals surface area contributed by atoms with Crippen molar-refractivity contribution in [3.63, 3.8) is 0 Å². The van der Waals surface area contributed by atoms with Gasteiger partial charge in [0.05, 0.1) is 12.4 Å². The number of para-hydroxylation sites is 1. The predicted octanol–water partition coefficient (Wildman–Crippen LogP) is 3.42. The summed E-state index contributed by atoms with van der Waals surface area (Å²) in [6, 6.07) is 17.6. The lowest BCUT2D eigenvalue weighted by molar-refractivity contribution is -0.127. The lowest BCUT2D eigenvalue weighted by atomic mass is 10.2. The summed E-state index contributed by atoms with van der Waals surface area (Å²) in [5.74, 6) is 1.18. The van der Waals surface area contributed by atoms with Crippen molar-refractivity contribution in [1.82, 2.24) is 19.7 Å². The minimum Gasteiger partial charge on any atom is -0.494 e. The van der Waals surface area contributed by atoms with Crippen molar-refractivity contribution in [2.24, 2.45) is 0 Å². The Bertz CT molecular complexity index is 865. The van der Waals surface area contributed by atoms with Gasteiger partial charge in [-0.2, -0.15) is 0 Å². The molecule has 0 aliphatic heterocycles. The quantitative estimate of drug-likeness (QED) is 0.559. The molecule has 0 spiro atoms. The van der Waals surface area contributed by atoms with E-state index >= 15 is 0 Å². The van der Waals surface area contributed by atoms with E-state index in [1.54, 1.807) is 18.3 Å². The number of nitrogens with zero attached hydrogens (tertiary/aromatic N) is 4. The van der Waals surface area contributed by atoms with Gasteiger partial charge in [-0.25, -0.2) is 0 Å². The highest BCUT2D eigenvalue weighted by atomic mass is 32.2. The van der Waals surface area contributed by atoms with Gasteiger partial charge in [0.25, 0.3) is 0 Å². The zero-order chi connectivity index (χ0) is 19.1. The van der Waals surface area contributed by atoms with Crippen LogP contribution < -0.4 is 4.74 Å². The topological polar surface area (TPSA) is 60.2 Å². The highest BCUT2D eigenvalue weighted by molar-refractivity contribution is 7.99. The number of aromatic nitrogens is 3. The van der Waals surface area contributed by atoms with Crippen LogP contribution in [0.3, 0.4) is 0 Å². The summed E-state index contributed by atoms with van der Waals surface area (Å²) >= 11 is 1.38. The third-order valence-electron chi connectivity index (χ3n) is 3.96. The van der Waals surface area contributed by atoms with Crippen LogP contribution >= 0.6 is 11.8 Å². The fraction of sp³-hybridized carbons (Fsp3) is 0.250. The van der Waals surface area contributed by atoms with Gasteiger partial charge >= 0.3 is 0 Å². The molecular formula is C20H22N4O2S. The smallest absolute Gasteiger partial charge is 0.233 e. The normalized spacial score (nSPS) is 10.6. The summed E-state index contributed by atoms with van der Waals surface area (Å²) in [5.41, 5.74) is 2.03. The second kappa shape index (κ2) is 9.23. The molecule has 0 aliphatic rings. The van der Waals surface area contributed by atoms with Gasteiger partial charge in [-0.15, -0.1) is 10.2 Å². The third-order valence-corrected chi connectivity index (χ3v) is 4.88. The number of carbonyl (C=O) groups is 1. The van der Waals surface area contributed by atoms with Crippen LogP contribution in [0, 0.1) is 0 Å². The Morgan fingerprint density at radius 3 is 2.59 bits per heavy atom. The first-order valence-electron chi connectivity index (χ1n) is 8.71. The summed E-state index contributed by atoms with van der Waals surface area (Å²) < 4.78 is 7.32. The average molecular weight is 382 g/mol. The summed E-state index contributed by atoms with van der Waals surface area (Å²) in [4.78, 5) is 14.2. The Morgan fingerprint density at radius 2 is 1.89 bits per heavy atom. The third kappa shape index (κ3) is 5.10. The van der Waals surface area contributed by atoms with Crippen LogP contribution in [-0.4, -0.2) is 45.0 Å². The van der Waals surface area contributed by atoms with Crippen molar-refractivity contribution in [3.8, 4) is 11.4 Å². The van der Waals surface area contributed by atoms with Crippen LogP contribution in [0.4, 0.5) is 0 Å². The molecule has 3 aromatic rings. The Balaban J connectivity index is 1.56. The summed E-state index contributed by atoms with van der Waals surface area (Å²) in [6.45, 7) is 3.15. The highest BCUT2D eigenvalue weighted by Gasteiger charge is 2.13. The van der Waals surface area contributed by atoms with Crippen LogP contribution in [-0.2, 0) is 11.3 Å². The molecule has 0 saturated carbocycles. The molecular weight excluding hydrogens is 360 g/mol. The van der Waals surface area contributed by atoms with Crippen molar-refractivity contribution in [2.45, 2.75) is 18.6 Å². The maximum absolute atomic E-state index is 12.5. The van der Waals surface area contributed by atoms with Gasteiger partial charge in [-0.3, -0.25) is 9.36 Å². The molecule has 0 fully saturated rings. The van der Waals surface area contributed by atoms with E-state index in [4.69, 9.17) is 4.74 Å². The predicted molar refractivity (Wildman–Crippen MR) is 106 cm³/mol. The first-order chi connectivity index (χ1) is 13.2. The van der Waals surface area contributed by atoms with Crippen LogP contribution in [0.25, 0.3) is 5.69 Å². The SMILES string of the molecule is CCOc1ccc(CN(C)C(=O)CSc2nncn2-c2ccccc2)cc1. The largest absolute Gasteiger partial charge is 0.494 e. The first kappa shape index (κ1) is 19.0. The Hall–Kier alpha value is -2.80. The molecule has 0 N–H and O–H groups in total. The molecule has 0 bridgehead atoms. The number of thioether (sulfide) groups is 1. The lowest BCUT2D eigenvalue weighted by Crippen LogP contribution is -2.27. The maximum atomic E-state index is 12.5. The van der Waals surface area contributed by atoms with Gasteiger partial charge in [0.2, 0.25) is 5.91 Å². The zero-order valence-corrected chi connectivity index (χ0v) is 16.2. The molecule has 2 aromatic carbocycles. The molecule has 1 heterocycles. The van der Waals surface area contributed by atoms with Crippen molar-refractivity contribution in [1.29, 1.82) is 0 Å². The van der Waals surface area contributed by atoms with Crippen molar-refractivity contribution in [2.75, 3.05) is 19.4 Å². The number of rotatable bonds is 8. The first-order valence-corrected chi connectivity index (χ1v) is 9.70. The van der Waals surface area contributed by atoms with E-state index < -0.39 is 0 Å². The average Bonchev–Trinajstić information content (AvgIpc) is 3.17. The van der Waals surface area contributed by atoms with Gasteiger partial charge in [-0.1, -0.05) is 42.1 Å². The van der Waals surface area contributed by atoms with E-state index in [1.807, 2.05) is 66.1 Å². The molecule has 0 radical (unpaired) electrons.